The van der Waals surface area contributed by atoms with Gasteiger partial charge in [-0.15, -0.1) is 0 Å². The van der Waals surface area contributed by atoms with Crippen molar-refractivity contribution in [3.63, 3.8) is 0 Å². The van der Waals surface area contributed by atoms with Gasteiger partial charge in [-0.1, -0.05) is 168 Å². The number of rotatable bonds is 10. The zero-order valence-corrected chi connectivity index (χ0v) is 52.7. The van der Waals surface area contributed by atoms with Crippen LogP contribution in [-0.4, -0.2) is 6.15 Å². The van der Waals surface area contributed by atoms with Gasteiger partial charge < -0.3 is 0 Å². The third-order valence-electron chi connectivity index (χ3n) is 16.4. The average Bonchev–Trinajstić information content (AvgIpc) is 0.750. The molecule has 0 atom stereocenters. The van der Waals surface area contributed by atoms with Crippen LogP contribution in [0.4, 0.5) is 105 Å². The lowest BCUT2D eigenvalue weighted by atomic mass is 9.12. The topological polar surface area (TPSA) is 0 Å². The SMILES string of the molecule is FC(F)(F)c1cc([B-](c2cc(C(F)(F)F)cc(C(F)(F)F)c2)(c2cc(C(F)(F)F)cc(C(F)(F)F)c2)c2cc(C(F)(F)F)cc(C(F)(F)F)c2)cc(C(F)(F)F)c1.c1ccc2c(Cc3csc([I+]c4cc(Cc5c6ccccc6cc6ccccc56)cs4)c3)c3ccccc3cc2c1. The second-order valence-electron chi connectivity index (χ2n) is 22.8. The van der Waals surface area contributed by atoms with Gasteiger partial charge in [0.15, 0.2) is 0 Å². The third-order valence-corrected chi connectivity index (χ3v) is 22.2. The predicted octanol–water partition coefficient (Wildman–Crippen LogP) is 18.9. The van der Waals surface area contributed by atoms with Gasteiger partial charge in [0.05, 0.1) is 44.5 Å². The maximum atomic E-state index is 14.2. The Morgan fingerprint density at radius 3 is 0.663 bits per heavy atom. The first-order valence-electron chi connectivity index (χ1n) is 28.5. The van der Waals surface area contributed by atoms with E-state index in [0.717, 1.165) is 12.8 Å². The molecule has 0 amide bonds. The zero-order valence-electron chi connectivity index (χ0n) is 48.9. The molecule has 28 heteroatoms. The fraction of sp³-hybridized carbons (Fsp3) is 0.143. The van der Waals surface area contributed by atoms with Crippen LogP contribution in [0, 0.1) is 5.77 Å². The van der Waals surface area contributed by atoms with E-state index in [9.17, 15) is 105 Å². The molecule has 12 rings (SSSR count). The van der Waals surface area contributed by atoms with E-state index in [0.29, 0.717) is 0 Å². The third kappa shape index (κ3) is 15.0. The van der Waals surface area contributed by atoms with Gasteiger partial charge in [-0.25, -0.2) is 0 Å². The van der Waals surface area contributed by atoms with E-state index < -0.39 is 195 Å². The molecule has 0 radical (unpaired) electrons. The number of benzene rings is 10. The monoisotopic (exact) mass is 1540 g/mol. The minimum atomic E-state index is -6.13. The van der Waals surface area contributed by atoms with E-state index >= 15 is 0 Å². The molecule has 0 unspecified atom stereocenters. The van der Waals surface area contributed by atoms with E-state index in [1.165, 1.54) is 65.3 Å². The van der Waals surface area contributed by atoms with Crippen molar-refractivity contribution < 1.29 is 127 Å². The molecule has 0 aliphatic rings. The highest BCUT2D eigenvalue weighted by Crippen LogP contribution is 2.43. The molecule has 0 aliphatic heterocycles. The van der Waals surface area contributed by atoms with Crippen molar-refractivity contribution in [1.82, 2.24) is 0 Å². The molecule has 0 nitrogen and oxygen atoms in total. The van der Waals surface area contributed by atoms with Gasteiger partial charge in [-0.3, -0.25) is 0 Å². The van der Waals surface area contributed by atoms with Gasteiger partial charge >= 0.3 is 70.6 Å². The van der Waals surface area contributed by atoms with Crippen molar-refractivity contribution in [1.29, 1.82) is 0 Å². The fourth-order valence-electron chi connectivity index (χ4n) is 12.1. The fourth-order valence-corrected chi connectivity index (χ4v) is 18.1. The highest BCUT2D eigenvalue weighted by Gasteiger charge is 2.47. The van der Waals surface area contributed by atoms with Crippen molar-refractivity contribution in [2.75, 3.05) is 0 Å². The van der Waals surface area contributed by atoms with Crippen LogP contribution in [0.2, 0.25) is 0 Å². The molecule has 12 aromatic rings. The second kappa shape index (κ2) is 25.8. The van der Waals surface area contributed by atoms with E-state index in [4.69, 9.17) is 0 Å². The molecule has 2 heterocycles. The Kier molecular flexibility index (Phi) is 18.7. The minimum Gasteiger partial charge on any atom is -0.194 e. The van der Waals surface area contributed by atoms with E-state index in [1.54, 1.807) is 5.77 Å². The largest absolute Gasteiger partial charge is 0.416 e. The van der Waals surface area contributed by atoms with Gasteiger partial charge in [0.2, 0.25) is 5.77 Å². The van der Waals surface area contributed by atoms with Gasteiger partial charge in [-0.2, -0.15) is 127 Å². The lowest BCUT2D eigenvalue weighted by Crippen LogP contribution is -3.61. The molecular formula is C70H38BF24IS2. The van der Waals surface area contributed by atoms with Crippen molar-refractivity contribution in [3.05, 3.63) is 277 Å². The lowest BCUT2D eigenvalue weighted by molar-refractivity contribution is -0.585. The van der Waals surface area contributed by atoms with Gasteiger partial charge in [0.1, 0.15) is 6.15 Å². The molecule has 0 aliphatic carbocycles. The summed E-state index contributed by atoms with van der Waals surface area (Å²) >= 11 is 3.71. The van der Waals surface area contributed by atoms with Crippen LogP contribution < -0.4 is 43.1 Å². The normalized spacial score (nSPS) is 13.2. The Hall–Kier alpha value is -8.25. The second-order valence-corrected chi connectivity index (χ2v) is 28.9. The van der Waals surface area contributed by atoms with Crippen molar-refractivity contribution in [2.45, 2.75) is 62.3 Å². The van der Waals surface area contributed by atoms with Crippen molar-refractivity contribution in [2.24, 2.45) is 0 Å². The Bertz CT molecular complexity index is 4280. The van der Waals surface area contributed by atoms with Gasteiger partial charge in [0, 0.05) is 12.1 Å². The number of hydrogen-bond acceptors (Lipinski definition) is 2. The molecule has 0 saturated heterocycles. The van der Waals surface area contributed by atoms with Crippen LogP contribution in [0.25, 0.3) is 43.1 Å². The zero-order chi connectivity index (χ0) is 71.1. The van der Waals surface area contributed by atoms with Crippen LogP contribution in [-0.2, 0) is 62.3 Å². The Labute approximate surface area is 557 Å². The Balaban J connectivity index is 0.000000207. The summed E-state index contributed by atoms with van der Waals surface area (Å²) in [5, 5.41) is 15.6. The van der Waals surface area contributed by atoms with E-state index in [1.807, 2.05) is 22.7 Å². The smallest absolute Gasteiger partial charge is 0.194 e. The molecule has 98 heavy (non-hydrogen) atoms. The van der Waals surface area contributed by atoms with Crippen LogP contribution >= 0.6 is 22.7 Å². The number of fused-ring (bicyclic) bond motifs is 4. The van der Waals surface area contributed by atoms with Crippen LogP contribution in [0.5, 0.6) is 0 Å². The summed E-state index contributed by atoms with van der Waals surface area (Å²) in [6, 6.07) is 36.1. The first-order valence-corrected chi connectivity index (χ1v) is 32.4. The van der Waals surface area contributed by atoms with Crippen molar-refractivity contribution >= 4 is 93.8 Å². The van der Waals surface area contributed by atoms with Crippen molar-refractivity contribution in [3.8, 4) is 0 Å². The number of thiophene rings is 2. The summed E-state index contributed by atoms with van der Waals surface area (Å²) in [7, 11) is 0. The summed E-state index contributed by atoms with van der Waals surface area (Å²) in [6.07, 6.45) is -52.8. The Morgan fingerprint density at radius 2 is 0.459 bits per heavy atom. The number of halogens is 25. The van der Waals surface area contributed by atoms with Crippen LogP contribution in [0.1, 0.15) is 66.8 Å². The first-order chi connectivity index (χ1) is 45.5. The quantitative estimate of drug-likeness (QED) is 0.0554. The van der Waals surface area contributed by atoms with Crippen LogP contribution in [0.3, 0.4) is 0 Å². The maximum Gasteiger partial charge on any atom is 0.416 e. The number of hydrogen-bond donors (Lipinski definition) is 0. The average molecular weight is 1540 g/mol. The van der Waals surface area contributed by atoms with E-state index in [-0.39, 0.29) is 21.2 Å². The predicted molar refractivity (Wildman–Crippen MR) is 325 cm³/mol. The molecule has 508 valence electrons. The summed E-state index contributed by atoms with van der Waals surface area (Å²) in [6.45, 7) is 0. The summed E-state index contributed by atoms with van der Waals surface area (Å²) in [4.78, 5) is 0. The molecule has 0 saturated carbocycles. The minimum absolute atomic E-state index is 0.186. The van der Waals surface area contributed by atoms with Gasteiger partial charge in [-0.05, 0) is 125 Å². The molecule has 0 fully saturated rings. The summed E-state index contributed by atoms with van der Waals surface area (Å²) in [5.41, 5.74) is -24.4. The molecular weight excluding hydrogens is 1500 g/mol. The number of alkyl halides is 24. The maximum absolute atomic E-state index is 14.2. The summed E-state index contributed by atoms with van der Waals surface area (Å²) in [5.74, 6) is 0. The molecule has 0 bridgehead atoms. The van der Waals surface area contributed by atoms with E-state index in [2.05, 4.69) is 132 Å². The van der Waals surface area contributed by atoms with Gasteiger partial charge in [0.25, 0.3) is 0 Å². The summed E-state index contributed by atoms with van der Waals surface area (Å²) < 4.78 is 344. The molecule has 0 N–H and O–H groups in total. The molecule has 10 aromatic carbocycles. The molecule has 2 aromatic heterocycles. The first kappa shape index (κ1) is 71.1. The Morgan fingerprint density at radius 1 is 0.255 bits per heavy atom. The lowest BCUT2D eigenvalue weighted by Gasteiger charge is -2.46. The standard InChI is InChI=1S/C38H26IS2.C32H12BF24/c1-5-13-31-27(9-1)21-28-10-2-6-14-32(28)35(31)17-25-19-37(40-23-25)39-38-20-26(24-41-38)18-36-33-15-7-3-11-29(33)22-30-12-4-8-16-34(30)36;34-25(35,36)13-1-14(26(37,38)39)6-21(5-13)33(22-7-15(27(40,41)42)2-16(8-22)28(43,44)45,23-9-17(29(46,47)48)3-18(10-23)30(49,50)51)24-11-19(31(52,53)54)4-20(12-24)32(55,56)57/h1-16,19-24H,17-18H2;1-12H/q+1;-1. The highest BCUT2D eigenvalue weighted by atomic mass is 127. The molecule has 0 spiro atoms. The van der Waals surface area contributed by atoms with Crippen LogP contribution in [0.15, 0.2) is 205 Å². The highest BCUT2D eigenvalue weighted by molar-refractivity contribution is 7.20.